The van der Waals surface area contributed by atoms with E-state index in [0.29, 0.717) is 18.7 Å². The van der Waals surface area contributed by atoms with Crippen molar-refractivity contribution in [2.75, 3.05) is 23.6 Å². The Morgan fingerprint density at radius 2 is 1.67 bits per heavy atom. The van der Waals surface area contributed by atoms with Crippen LogP contribution in [-0.4, -0.2) is 31.3 Å². The summed E-state index contributed by atoms with van der Waals surface area (Å²) in [5.74, 6) is 1.39. The summed E-state index contributed by atoms with van der Waals surface area (Å²) < 4.78 is 10.8. The van der Waals surface area contributed by atoms with Gasteiger partial charge in [-0.2, -0.15) is 0 Å². The van der Waals surface area contributed by atoms with E-state index in [1.165, 1.54) is 0 Å². The lowest BCUT2D eigenvalue weighted by atomic mass is 10.0. The second kappa shape index (κ2) is 8.86. The second-order valence-corrected chi connectivity index (χ2v) is 8.26. The van der Waals surface area contributed by atoms with Gasteiger partial charge in [0.25, 0.3) is 0 Å². The number of carbonyl (C=O) groups excluding carboxylic acids is 2. The van der Waals surface area contributed by atoms with Crippen molar-refractivity contribution < 1.29 is 19.1 Å². The molecule has 2 aliphatic rings. The molecule has 7 heteroatoms. The average molecular weight is 444 g/mol. The number of ether oxygens (including phenoxy) is 2. The molecule has 0 spiro atoms. The fourth-order valence-corrected chi connectivity index (χ4v) is 4.14. The van der Waals surface area contributed by atoms with Crippen LogP contribution in [0, 0.1) is 6.92 Å². The molecule has 0 aliphatic carbocycles. The van der Waals surface area contributed by atoms with Gasteiger partial charge in [0.2, 0.25) is 12.7 Å². The molecule has 2 aliphatic heterocycles. The van der Waals surface area contributed by atoms with Gasteiger partial charge in [0.1, 0.15) is 6.04 Å². The summed E-state index contributed by atoms with van der Waals surface area (Å²) in [5, 5.41) is 5.62. The summed E-state index contributed by atoms with van der Waals surface area (Å²) in [6, 6.07) is 20.3. The predicted molar refractivity (Wildman–Crippen MR) is 127 cm³/mol. The molecule has 1 fully saturated rings. The number of fused-ring (bicyclic) bond motifs is 1. The molecule has 0 unspecified atom stereocenters. The zero-order chi connectivity index (χ0) is 22.8. The number of piperidine rings is 1. The molecule has 2 heterocycles. The Labute approximate surface area is 192 Å². The lowest BCUT2D eigenvalue weighted by Gasteiger charge is -2.32. The van der Waals surface area contributed by atoms with Gasteiger partial charge >= 0.3 is 6.03 Å². The Morgan fingerprint density at radius 3 is 2.45 bits per heavy atom. The number of rotatable bonds is 4. The SMILES string of the molecule is Cc1ccc(NC(=O)N[C@H]2CCCN(c3ccc(-c4ccc5c(c4)OCO5)cc3)C2=O)cc1. The topological polar surface area (TPSA) is 79.9 Å². The van der Waals surface area contributed by atoms with Crippen LogP contribution in [0.5, 0.6) is 11.5 Å². The first-order valence-corrected chi connectivity index (χ1v) is 11.0. The van der Waals surface area contributed by atoms with Crippen LogP contribution in [0.3, 0.4) is 0 Å². The van der Waals surface area contributed by atoms with Crippen molar-refractivity contribution in [1.82, 2.24) is 5.32 Å². The van der Waals surface area contributed by atoms with E-state index >= 15 is 0 Å². The quantitative estimate of drug-likeness (QED) is 0.612. The third-order valence-electron chi connectivity index (χ3n) is 5.94. The molecule has 1 atom stereocenters. The third kappa shape index (κ3) is 4.48. The van der Waals surface area contributed by atoms with E-state index in [1.54, 1.807) is 4.90 Å². The molecule has 5 rings (SSSR count). The van der Waals surface area contributed by atoms with Gasteiger partial charge in [-0.15, -0.1) is 0 Å². The van der Waals surface area contributed by atoms with Crippen molar-refractivity contribution >= 4 is 23.3 Å². The Balaban J connectivity index is 1.25. The molecule has 168 valence electrons. The highest BCUT2D eigenvalue weighted by Crippen LogP contribution is 2.36. The van der Waals surface area contributed by atoms with Crippen molar-refractivity contribution in [3.05, 3.63) is 72.3 Å². The fourth-order valence-electron chi connectivity index (χ4n) is 4.14. The third-order valence-corrected chi connectivity index (χ3v) is 5.94. The number of hydrogen-bond acceptors (Lipinski definition) is 4. The molecule has 2 N–H and O–H groups in total. The minimum absolute atomic E-state index is 0.101. The number of nitrogens with one attached hydrogen (secondary N) is 2. The molecule has 0 bridgehead atoms. The molecule has 3 aromatic carbocycles. The van der Waals surface area contributed by atoms with Gasteiger partial charge in [-0.25, -0.2) is 4.79 Å². The average Bonchev–Trinajstić information content (AvgIpc) is 3.30. The maximum absolute atomic E-state index is 13.1. The normalized spacial score (nSPS) is 17.1. The highest BCUT2D eigenvalue weighted by Gasteiger charge is 2.31. The van der Waals surface area contributed by atoms with Crippen LogP contribution in [0.4, 0.5) is 16.2 Å². The number of urea groups is 1. The van der Waals surface area contributed by atoms with Gasteiger partial charge in [0, 0.05) is 17.9 Å². The van der Waals surface area contributed by atoms with Crippen molar-refractivity contribution in [3.8, 4) is 22.6 Å². The van der Waals surface area contributed by atoms with E-state index in [9.17, 15) is 9.59 Å². The van der Waals surface area contributed by atoms with Crippen LogP contribution in [0.15, 0.2) is 66.7 Å². The largest absolute Gasteiger partial charge is 0.454 e. The van der Waals surface area contributed by atoms with Crippen LogP contribution in [0.2, 0.25) is 0 Å². The smallest absolute Gasteiger partial charge is 0.319 e. The first-order chi connectivity index (χ1) is 16.1. The molecule has 7 nitrogen and oxygen atoms in total. The molecule has 1 saturated heterocycles. The molecule has 0 saturated carbocycles. The fraction of sp³-hybridized carbons (Fsp3) is 0.231. The highest BCUT2D eigenvalue weighted by atomic mass is 16.7. The van der Waals surface area contributed by atoms with Crippen LogP contribution in [0.25, 0.3) is 11.1 Å². The van der Waals surface area contributed by atoms with Crippen LogP contribution in [0.1, 0.15) is 18.4 Å². The minimum atomic E-state index is -0.558. The minimum Gasteiger partial charge on any atom is -0.454 e. The summed E-state index contributed by atoms with van der Waals surface area (Å²) in [6.45, 7) is 2.85. The van der Waals surface area contributed by atoms with E-state index in [1.807, 2.05) is 73.7 Å². The van der Waals surface area contributed by atoms with E-state index in [4.69, 9.17) is 9.47 Å². The van der Waals surface area contributed by atoms with E-state index < -0.39 is 6.04 Å². The van der Waals surface area contributed by atoms with Crippen LogP contribution >= 0.6 is 0 Å². The summed E-state index contributed by atoms with van der Waals surface area (Å²) in [7, 11) is 0. The van der Waals surface area contributed by atoms with E-state index in [0.717, 1.165) is 40.3 Å². The molecule has 33 heavy (non-hydrogen) atoms. The maximum atomic E-state index is 13.1. The van der Waals surface area contributed by atoms with Crippen molar-refractivity contribution in [2.24, 2.45) is 0 Å². The van der Waals surface area contributed by atoms with Gasteiger partial charge < -0.3 is 25.0 Å². The zero-order valence-corrected chi connectivity index (χ0v) is 18.3. The van der Waals surface area contributed by atoms with Gasteiger partial charge in [-0.05, 0) is 67.3 Å². The maximum Gasteiger partial charge on any atom is 0.319 e. The lowest BCUT2D eigenvalue weighted by molar-refractivity contribution is -0.121. The Hall–Kier alpha value is -4.00. The number of hydrogen-bond donors (Lipinski definition) is 2. The molecule has 3 amide bonds. The van der Waals surface area contributed by atoms with Gasteiger partial charge in [-0.3, -0.25) is 4.79 Å². The van der Waals surface area contributed by atoms with Crippen molar-refractivity contribution in [1.29, 1.82) is 0 Å². The van der Waals surface area contributed by atoms with Gasteiger partial charge in [0.15, 0.2) is 11.5 Å². The first kappa shape index (κ1) is 20.9. The lowest BCUT2D eigenvalue weighted by Crippen LogP contribution is -2.53. The number of anilines is 2. The Kier molecular flexibility index (Phi) is 5.60. The molecule has 3 aromatic rings. The number of benzene rings is 3. The van der Waals surface area contributed by atoms with Gasteiger partial charge in [-0.1, -0.05) is 35.9 Å². The Bertz CT molecular complexity index is 1180. The predicted octanol–water partition coefficient (Wildman–Crippen LogP) is 4.71. The summed E-state index contributed by atoms with van der Waals surface area (Å²) in [6.07, 6.45) is 1.43. The number of amides is 3. The summed E-state index contributed by atoms with van der Waals surface area (Å²) in [5.41, 5.74) is 4.66. The van der Waals surface area contributed by atoms with Crippen LogP contribution in [-0.2, 0) is 4.79 Å². The van der Waals surface area contributed by atoms with Crippen molar-refractivity contribution in [3.63, 3.8) is 0 Å². The number of carbonyl (C=O) groups is 2. The number of nitrogens with zero attached hydrogens (tertiary/aromatic N) is 1. The van der Waals surface area contributed by atoms with Gasteiger partial charge in [0.05, 0.1) is 0 Å². The van der Waals surface area contributed by atoms with E-state index in [2.05, 4.69) is 10.6 Å². The van der Waals surface area contributed by atoms with E-state index in [-0.39, 0.29) is 18.7 Å². The second-order valence-electron chi connectivity index (χ2n) is 8.26. The Morgan fingerprint density at radius 1 is 0.939 bits per heavy atom. The summed E-state index contributed by atoms with van der Waals surface area (Å²) >= 11 is 0. The first-order valence-electron chi connectivity index (χ1n) is 11.0. The van der Waals surface area contributed by atoms with Crippen LogP contribution < -0.4 is 25.0 Å². The molecule has 0 radical (unpaired) electrons. The number of aryl methyl sites for hydroxylation is 1. The standard InChI is InChI=1S/C26H25N3O4/c1-17-4-9-20(10-5-17)27-26(31)28-22-3-2-14-29(25(22)30)21-11-6-18(7-12-21)19-8-13-23-24(15-19)33-16-32-23/h4-13,15,22H,2-3,14,16H2,1H3,(H2,27,28,31)/t22-/m0/s1. The monoisotopic (exact) mass is 443 g/mol. The summed E-state index contributed by atoms with van der Waals surface area (Å²) in [4.78, 5) is 27.3. The van der Waals surface area contributed by atoms with Crippen molar-refractivity contribution in [2.45, 2.75) is 25.8 Å². The highest BCUT2D eigenvalue weighted by molar-refractivity contribution is 6.01. The zero-order valence-electron chi connectivity index (χ0n) is 18.3. The molecule has 0 aromatic heterocycles. The molecular weight excluding hydrogens is 418 g/mol. The molecular formula is C26H25N3O4.